The first kappa shape index (κ1) is 22.7. The predicted octanol–water partition coefficient (Wildman–Crippen LogP) is 5.09. The van der Waals surface area contributed by atoms with E-state index in [-0.39, 0.29) is 10.8 Å². The van der Waals surface area contributed by atoms with E-state index in [9.17, 15) is 9.00 Å². The fourth-order valence-corrected chi connectivity index (χ4v) is 4.46. The zero-order valence-corrected chi connectivity index (χ0v) is 18.9. The Morgan fingerprint density at radius 2 is 1.58 bits per heavy atom. The van der Waals surface area contributed by atoms with Crippen LogP contribution < -0.4 is 0 Å². The second kappa shape index (κ2) is 10.3. The molecule has 0 aliphatic heterocycles. The first-order valence-electron chi connectivity index (χ1n) is 9.45. The van der Waals surface area contributed by atoms with Crippen molar-refractivity contribution in [1.82, 2.24) is 0 Å². The maximum absolute atomic E-state index is 12.8. The van der Waals surface area contributed by atoms with Gasteiger partial charge >= 0.3 is 5.97 Å². The third kappa shape index (κ3) is 6.73. The van der Waals surface area contributed by atoms with Gasteiger partial charge in [0, 0.05) is 4.90 Å². The quantitative estimate of drug-likeness (QED) is 0.130. The zero-order chi connectivity index (χ0) is 22.3. The molecule has 1 atom stereocenters. The fourth-order valence-electron chi connectivity index (χ4n) is 2.71. The molecule has 0 radical (unpaired) electrons. The van der Waals surface area contributed by atoms with Crippen molar-refractivity contribution in [3.8, 4) is 11.1 Å². The SMILES string of the molecule is C=S(=O)(Cc1ccc(-c2ccccc2)cc1)O/N=C(\Sc1ccc(C)cc1)C(=O)OC. The summed E-state index contributed by atoms with van der Waals surface area (Å²) in [5.41, 5.74) is 4.04. The van der Waals surface area contributed by atoms with Gasteiger partial charge in [-0.3, -0.25) is 0 Å². The van der Waals surface area contributed by atoms with Gasteiger partial charge in [0.05, 0.1) is 12.9 Å². The largest absolute Gasteiger partial charge is 0.464 e. The first-order chi connectivity index (χ1) is 14.9. The van der Waals surface area contributed by atoms with Crippen molar-refractivity contribution in [2.45, 2.75) is 17.6 Å². The van der Waals surface area contributed by atoms with Gasteiger partial charge in [0.15, 0.2) is 0 Å². The van der Waals surface area contributed by atoms with Crippen LogP contribution in [0.4, 0.5) is 0 Å². The highest BCUT2D eigenvalue weighted by molar-refractivity contribution is 8.15. The van der Waals surface area contributed by atoms with Crippen LogP contribution in [0.3, 0.4) is 0 Å². The molecule has 5 nitrogen and oxygen atoms in total. The molecule has 0 heterocycles. The molecule has 160 valence electrons. The molecule has 0 aliphatic rings. The zero-order valence-electron chi connectivity index (χ0n) is 17.3. The highest BCUT2D eigenvalue weighted by Crippen LogP contribution is 2.23. The summed E-state index contributed by atoms with van der Waals surface area (Å²) >= 11 is 1.07. The summed E-state index contributed by atoms with van der Waals surface area (Å²) in [6.07, 6.45) is 0. The third-order valence-electron chi connectivity index (χ3n) is 4.30. The van der Waals surface area contributed by atoms with Crippen LogP contribution in [0.25, 0.3) is 11.1 Å². The number of carbonyl (C=O) groups excluding carboxylic acids is 1. The van der Waals surface area contributed by atoms with Gasteiger partial charge < -0.3 is 9.02 Å². The Hall–Kier alpha value is -3.03. The molecule has 0 aliphatic carbocycles. The van der Waals surface area contributed by atoms with E-state index in [1.807, 2.05) is 85.8 Å². The molecule has 0 amide bonds. The van der Waals surface area contributed by atoms with E-state index in [1.54, 1.807) is 0 Å². The average Bonchev–Trinajstić information content (AvgIpc) is 2.78. The van der Waals surface area contributed by atoms with Gasteiger partial charge in [0.1, 0.15) is 9.80 Å². The number of methoxy groups -OCH3 is 1. The van der Waals surface area contributed by atoms with Crippen LogP contribution in [-0.4, -0.2) is 28.2 Å². The summed E-state index contributed by atoms with van der Waals surface area (Å²) in [6.45, 7) is 1.97. The minimum atomic E-state index is -3.06. The molecule has 0 bridgehead atoms. The van der Waals surface area contributed by atoms with Crippen LogP contribution >= 0.6 is 11.8 Å². The Kier molecular flexibility index (Phi) is 7.55. The molecule has 0 fully saturated rings. The molecule has 3 aromatic rings. The summed E-state index contributed by atoms with van der Waals surface area (Å²) in [5, 5.41) is 3.76. The molecule has 1 unspecified atom stereocenters. The van der Waals surface area contributed by atoms with Crippen molar-refractivity contribution < 1.29 is 18.0 Å². The third-order valence-corrected chi connectivity index (χ3v) is 6.36. The molecule has 0 saturated heterocycles. The molecule has 7 heteroatoms. The van der Waals surface area contributed by atoms with E-state index >= 15 is 0 Å². The highest BCUT2D eigenvalue weighted by atomic mass is 32.2. The smallest absolute Gasteiger partial charge is 0.367 e. The number of thioether (sulfide) groups is 1. The normalized spacial score (nSPS) is 13.3. The number of hydrogen-bond donors (Lipinski definition) is 0. The lowest BCUT2D eigenvalue weighted by Crippen LogP contribution is -2.14. The van der Waals surface area contributed by atoms with Gasteiger partial charge in [0.2, 0.25) is 5.04 Å². The average molecular weight is 454 g/mol. The Bertz CT molecular complexity index is 1150. The molecule has 0 saturated carbocycles. The molecule has 3 rings (SSSR count). The van der Waals surface area contributed by atoms with E-state index in [0.29, 0.717) is 0 Å². The summed E-state index contributed by atoms with van der Waals surface area (Å²) in [4.78, 5) is 12.8. The van der Waals surface area contributed by atoms with E-state index < -0.39 is 15.8 Å². The second-order valence-electron chi connectivity index (χ2n) is 6.83. The lowest BCUT2D eigenvalue weighted by atomic mass is 10.0. The van der Waals surface area contributed by atoms with Crippen LogP contribution in [0.1, 0.15) is 11.1 Å². The van der Waals surface area contributed by atoms with Crippen LogP contribution in [0.2, 0.25) is 0 Å². The van der Waals surface area contributed by atoms with Gasteiger partial charge in [-0.15, -0.1) is 0 Å². The molecule has 0 aromatic heterocycles. The molecule has 31 heavy (non-hydrogen) atoms. The maximum Gasteiger partial charge on any atom is 0.367 e. The van der Waals surface area contributed by atoms with Crippen molar-refractivity contribution in [3.63, 3.8) is 0 Å². The minimum Gasteiger partial charge on any atom is -0.464 e. The van der Waals surface area contributed by atoms with Crippen molar-refractivity contribution in [2.24, 2.45) is 5.16 Å². The van der Waals surface area contributed by atoms with E-state index in [0.717, 1.165) is 38.9 Å². The molecule has 0 N–H and O–H groups in total. The maximum atomic E-state index is 12.8. The molecule has 3 aromatic carbocycles. The van der Waals surface area contributed by atoms with Crippen molar-refractivity contribution in [2.75, 3.05) is 7.11 Å². The van der Waals surface area contributed by atoms with Crippen LogP contribution in [-0.2, 0) is 29.4 Å². The van der Waals surface area contributed by atoms with Crippen molar-refractivity contribution in [3.05, 3.63) is 90.0 Å². The molecular weight excluding hydrogens is 430 g/mol. The minimum absolute atomic E-state index is 0.0536. The monoisotopic (exact) mass is 453 g/mol. The number of hydrogen-bond acceptors (Lipinski definition) is 6. The van der Waals surface area contributed by atoms with Gasteiger partial charge in [-0.05, 0) is 41.6 Å². The van der Waals surface area contributed by atoms with E-state index in [4.69, 9.17) is 9.02 Å². The molecule has 0 spiro atoms. The number of oxime groups is 1. The summed E-state index contributed by atoms with van der Waals surface area (Å²) in [7, 11) is -1.80. The first-order valence-corrected chi connectivity index (χ1v) is 12.1. The van der Waals surface area contributed by atoms with Gasteiger partial charge in [-0.1, -0.05) is 89.2 Å². The van der Waals surface area contributed by atoms with E-state index in [1.165, 1.54) is 7.11 Å². The Labute approximate surface area is 187 Å². The lowest BCUT2D eigenvalue weighted by Gasteiger charge is -2.09. The number of nitrogens with zero attached hydrogens (tertiary/aromatic N) is 1. The van der Waals surface area contributed by atoms with Gasteiger partial charge in [-0.25, -0.2) is 9.00 Å². The summed E-state index contributed by atoms with van der Waals surface area (Å²) in [6, 6.07) is 25.2. The van der Waals surface area contributed by atoms with Crippen LogP contribution in [0.15, 0.2) is 88.9 Å². The predicted molar refractivity (Wildman–Crippen MR) is 128 cm³/mol. The van der Waals surface area contributed by atoms with Crippen molar-refractivity contribution in [1.29, 1.82) is 0 Å². The number of esters is 1. The Morgan fingerprint density at radius 3 is 2.19 bits per heavy atom. The topological polar surface area (TPSA) is 65.0 Å². The fraction of sp³-hybridized carbons (Fsp3) is 0.125. The number of ether oxygens (including phenoxy) is 1. The number of carbonyl (C=O) groups is 1. The lowest BCUT2D eigenvalue weighted by molar-refractivity contribution is -0.132. The number of rotatable bonds is 6. The summed E-state index contributed by atoms with van der Waals surface area (Å²) in [5.74, 6) is 3.05. The van der Waals surface area contributed by atoms with E-state index in [2.05, 4.69) is 11.0 Å². The number of benzene rings is 3. The summed E-state index contributed by atoms with van der Waals surface area (Å²) < 4.78 is 22.8. The number of aryl methyl sites for hydroxylation is 1. The Balaban J connectivity index is 1.70. The van der Waals surface area contributed by atoms with Crippen LogP contribution in [0.5, 0.6) is 0 Å². The molecular formula is C24H23NO4S2. The second-order valence-corrected chi connectivity index (χ2v) is 9.82. The van der Waals surface area contributed by atoms with Crippen molar-refractivity contribution >= 4 is 38.4 Å². The van der Waals surface area contributed by atoms with Gasteiger partial charge in [0.25, 0.3) is 0 Å². The Morgan fingerprint density at radius 1 is 0.968 bits per heavy atom. The highest BCUT2D eigenvalue weighted by Gasteiger charge is 2.17. The van der Waals surface area contributed by atoms with Gasteiger partial charge in [-0.2, -0.15) is 0 Å². The van der Waals surface area contributed by atoms with Crippen LogP contribution in [0, 0.1) is 6.92 Å². The standard InChI is InChI=1S/C24H23NO4S2/c1-18-9-15-22(16-10-18)30-23(24(26)28-2)25-29-31(3,27)17-19-11-13-21(14-12-19)20-7-5-4-6-8-20/h4-16H,3,17H2,1-2H3/b25-23-.